The first-order valence-corrected chi connectivity index (χ1v) is 7.89. The van der Waals surface area contributed by atoms with Gasteiger partial charge in [-0.1, -0.05) is 42.5 Å². The number of nitrogens with zero attached hydrogens (tertiary/aromatic N) is 1. The summed E-state index contributed by atoms with van der Waals surface area (Å²) >= 11 is 0. The van der Waals surface area contributed by atoms with E-state index in [1.807, 2.05) is 36.1 Å². The molecule has 0 spiro atoms. The Morgan fingerprint density at radius 2 is 2.04 bits per heavy atom. The second-order valence-electron chi connectivity index (χ2n) is 5.92. The largest absolute Gasteiger partial charge is 0.354 e. The van der Waals surface area contributed by atoms with Gasteiger partial charge in [0, 0.05) is 13.1 Å². The van der Waals surface area contributed by atoms with Gasteiger partial charge in [0.25, 0.3) is 0 Å². The molecule has 1 heterocycles. The van der Waals surface area contributed by atoms with Gasteiger partial charge in [-0.2, -0.15) is 0 Å². The van der Waals surface area contributed by atoms with Gasteiger partial charge in [0.1, 0.15) is 0 Å². The minimum absolute atomic E-state index is 0.0221. The van der Waals surface area contributed by atoms with Crippen LogP contribution in [0.2, 0.25) is 0 Å². The van der Waals surface area contributed by atoms with E-state index < -0.39 is 0 Å². The van der Waals surface area contributed by atoms with Gasteiger partial charge in [0.2, 0.25) is 11.8 Å². The Morgan fingerprint density at radius 3 is 2.87 bits per heavy atom. The SMILES string of the molecule is C[C@H](NC(=O)CN1CCNC(=O)C1)c1cccc2ccccc12. The summed E-state index contributed by atoms with van der Waals surface area (Å²) in [4.78, 5) is 25.5. The van der Waals surface area contributed by atoms with Crippen molar-refractivity contribution in [3.8, 4) is 0 Å². The molecule has 2 N–H and O–H groups in total. The van der Waals surface area contributed by atoms with Crippen LogP contribution >= 0.6 is 0 Å². The Labute approximate surface area is 135 Å². The van der Waals surface area contributed by atoms with E-state index in [-0.39, 0.29) is 30.9 Å². The summed E-state index contributed by atoms with van der Waals surface area (Å²) in [7, 11) is 0. The van der Waals surface area contributed by atoms with Gasteiger partial charge in [-0.05, 0) is 23.3 Å². The van der Waals surface area contributed by atoms with Gasteiger partial charge in [-0.3, -0.25) is 14.5 Å². The van der Waals surface area contributed by atoms with Crippen LogP contribution in [0, 0.1) is 0 Å². The van der Waals surface area contributed by atoms with Crippen LogP contribution in [-0.4, -0.2) is 42.9 Å². The second-order valence-corrected chi connectivity index (χ2v) is 5.92. The van der Waals surface area contributed by atoms with Gasteiger partial charge >= 0.3 is 0 Å². The van der Waals surface area contributed by atoms with E-state index in [2.05, 4.69) is 28.8 Å². The van der Waals surface area contributed by atoms with Crippen molar-refractivity contribution in [2.75, 3.05) is 26.2 Å². The highest BCUT2D eigenvalue weighted by Crippen LogP contribution is 2.23. The highest BCUT2D eigenvalue weighted by atomic mass is 16.2. The second kappa shape index (κ2) is 6.79. The monoisotopic (exact) mass is 311 g/mol. The third kappa shape index (κ3) is 3.68. The van der Waals surface area contributed by atoms with Crippen LogP contribution in [0.25, 0.3) is 10.8 Å². The first-order valence-electron chi connectivity index (χ1n) is 7.89. The van der Waals surface area contributed by atoms with Crippen molar-refractivity contribution in [3.63, 3.8) is 0 Å². The summed E-state index contributed by atoms with van der Waals surface area (Å²) < 4.78 is 0. The molecule has 0 aromatic heterocycles. The number of hydrogen-bond acceptors (Lipinski definition) is 3. The molecule has 2 aromatic carbocycles. The number of hydrogen-bond donors (Lipinski definition) is 2. The lowest BCUT2D eigenvalue weighted by molar-refractivity contribution is -0.127. The third-order valence-corrected chi connectivity index (χ3v) is 4.15. The fourth-order valence-corrected chi connectivity index (χ4v) is 3.02. The molecule has 5 nitrogen and oxygen atoms in total. The summed E-state index contributed by atoms with van der Waals surface area (Å²) in [6, 6.07) is 14.2. The third-order valence-electron chi connectivity index (χ3n) is 4.15. The van der Waals surface area contributed by atoms with Crippen LogP contribution in [0.5, 0.6) is 0 Å². The summed E-state index contributed by atoms with van der Waals surface area (Å²) in [5.41, 5.74) is 1.10. The molecular weight excluding hydrogens is 290 g/mol. The van der Waals surface area contributed by atoms with Crippen LogP contribution in [0.1, 0.15) is 18.5 Å². The number of nitrogens with one attached hydrogen (secondary N) is 2. The molecule has 1 aliphatic heterocycles. The Kier molecular flexibility index (Phi) is 4.57. The molecule has 0 unspecified atom stereocenters. The average molecular weight is 311 g/mol. The summed E-state index contributed by atoms with van der Waals surface area (Å²) in [5.74, 6) is -0.0775. The molecule has 0 bridgehead atoms. The smallest absolute Gasteiger partial charge is 0.234 e. The lowest BCUT2D eigenvalue weighted by Crippen LogP contribution is -2.50. The zero-order chi connectivity index (χ0) is 16.2. The molecular formula is C18H21N3O2. The van der Waals surface area contributed by atoms with Crippen molar-refractivity contribution in [3.05, 3.63) is 48.0 Å². The zero-order valence-electron chi connectivity index (χ0n) is 13.2. The van der Waals surface area contributed by atoms with E-state index >= 15 is 0 Å². The Hall–Kier alpha value is -2.40. The van der Waals surface area contributed by atoms with Gasteiger partial charge in [0.15, 0.2) is 0 Å². The van der Waals surface area contributed by atoms with Crippen molar-refractivity contribution >= 4 is 22.6 Å². The maximum absolute atomic E-state index is 12.3. The zero-order valence-corrected chi connectivity index (χ0v) is 13.2. The van der Waals surface area contributed by atoms with Crippen molar-refractivity contribution < 1.29 is 9.59 Å². The van der Waals surface area contributed by atoms with Crippen LogP contribution in [0.15, 0.2) is 42.5 Å². The number of fused-ring (bicyclic) bond motifs is 1. The minimum Gasteiger partial charge on any atom is -0.354 e. The first-order chi connectivity index (χ1) is 11.1. The molecule has 120 valence electrons. The van der Waals surface area contributed by atoms with Crippen LogP contribution in [0.3, 0.4) is 0 Å². The molecule has 0 aliphatic carbocycles. The molecule has 23 heavy (non-hydrogen) atoms. The average Bonchev–Trinajstić information content (AvgIpc) is 2.54. The number of rotatable bonds is 4. The van der Waals surface area contributed by atoms with Crippen molar-refractivity contribution in [1.29, 1.82) is 0 Å². The van der Waals surface area contributed by atoms with Crippen molar-refractivity contribution in [2.24, 2.45) is 0 Å². The number of benzene rings is 2. The number of amides is 2. The minimum atomic E-state index is -0.0767. The molecule has 1 atom stereocenters. The van der Waals surface area contributed by atoms with E-state index in [9.17, 15) is 9.59 Å². The van der Waals surface area contributed by atoms with Crippen molar-refractivity contribution in [2.45, 2.75) is 13.0 Å². The van der Waals surface area contributed by atoms with E-state index in [0.29, 0.717) is 13.1 Å². The van der Waals surface area contributed by atoms with Crippen LogP contribution in [0.4, 0.5) is 0 Å². The maximum Gasteiger partial charge on any atom is 0.234 e. The molecule has 1 fully saturated rings. The summed E-state index contributed by atoms with van der Waals surface area (Å²) in [6.07, 6.45) is 0. The topological polar surface area (TPSA) is 61.4 Å². The number of carbonyl (C=O) groups excluding carboxylic acids is 2. The van der Waals surface area contributed by atoms with Gasteiger partial charge < -0.3 is 10.6 Å². The van der Waals surface area contributed by atoms with Gasteiger partial charge in [0.05, 0.1) is 19.1 Å². The Morgan fingerprint density at radius 1 is 1.26 bits per heavy atom. The molecule has 1 aliphatic rings. The maximum atomic E-state index is 12.3. The predicted molar refractivity (Wildman–Crippen MR) is 90.0 cm³/mol. The molecule has 2 aromatic rings. The molecule has 0 radical (unpaired) electrons. The van der Waals surface area contributed by atoms with Crippen molar-refractivity contribution in [1.82, 2.24) is 15.5 Å². The fraction of sp³-hybridized carbons (Fsp3) is 0.333. The highest BCUT2D eigenvalue weighted by Gasteiger charge is 2.20. The first kappa shape index (κ1) is 15.5. The molecule has 5 heteroatoms. The molecule has 2 amide bonds. The summed E-state index contributed by atoms with van der Waals surface area (Å²) in [5, 5.41) is 8.12. The van der Waals surface area contributed by atoms with Crippen LogP contribution in [-0.2, 0) is 9.59 Å². The van der Waals surface area contributed by atoms with Gasteiger partial charge in [-0.15, -0.1) is 0 Å². The van der Waals surface area contributed by atoms with E-state index in [4.69, 9.17) is 0 Å². The number of carbonyl (C=O) groups is 2. The highest BCUT2D eigenvalue weighted by molar-refractivity contribution is 5.87. The lowest BCUT2D eigenvalue weighted by atomic mass is 10.00. The standard InChI is InChI=1S/C18H21N3O2/c1-13(15-8-4-6-14-5-2-3-7-16(14)15)20-18(23)12-21-10-9-19-17(22)11-21/h2-8,13H,9-12H2,1H3,(H,19,22)(H,20,23)/t13-/m0/s1. The Bertz CT molecular complexity index is 724. The fourth-order valence-electron chi connectivity index (χ4n) is 3.02. The van der Waals surface area contributed by atoms with E-state index in [1.165, 1.54) is 5.39 Å². The Balaban J connectivity index is 1.67. The predicted octanol–water partition coefficient (Wildman–Crippen LogP) is 1.45. The number of piperazine rings is 1. The van der Waals surface area contributed by atoms with E-state index in [0.717, 1.165) is 10.9 Å². The normalized spacial score (nSPS) is 16.8. The molecule has 3 rings (SSSR count). The molecule has 0 saturated carbocycles. The van der Waals surface area contributed by atoms with Crippen LogP contribution < -0.4 is 10.6 Å². The summed E-state index contributed by atoms with van der Waals surface area (Å²) in [6.45, 7) is 3.84. The van der Waals surface area contributed by atoms with E-state index in [1.54, 1.807) is 0 Å². The molecule has 1 saturated heterocycles. The quantitative estimate of drug-likeness (QED) is 0.898. The lowest BCUT2D eigenvalue weighted by Gasteiger charge is -2.26. The van der Waals surface area contributed by atoms with Gasteiger partial charge in [-0.25, -0.2) is 0 Å².